The van der Waals surface area contributed by atoms with Crippen molar-refractivity contribution in [1.29, 1.82) is 0 Å². The lowest BCUT2D eigenvalue weighted by Crippen LogP contribution is -2.24. The van der Waals surface area contributed by atoms with Crippen LogP contribution < -0.4 is 19.6 Å². The van der Waals surface area contributed by atoms with E-state index in [1.165, 1.54) is 6.21 Å². The van der Waals surface area contributed by atoms with Crippen LogP contribution in [0.25, 0.3) is 10.8 Å². The number of rotatable bonds is 11. The molecule has 0 aliphatic heterocycles. The van der Waals surface area contributed by atoms with E-state index in [0.717, 1.165) is 34.9 Å². The molecular formula is C30H28N2O5. The summed E-state index contributed by atoms with van der Waals surface area (Å²) >= 11 is 0. The van der Waals surface area contributed by atoms with Crippen molar-refractivity contribution >= 4 is 28.9 Å². The van der Waals surface area contributed by atoms with Crippen molar-refractivity contribution in [3.8, 4) is 17.2 Å². The Morgan fingerprint density at radius 2 is 1.51 bits per heavy atom. The number of esters is 1. The van der Waals surface area contributed by atoms with Gasteiger partial charge in [0, 0.05) is 0 Å². The van der Waals surface area contributed by atoms with Gasteiger partial charge < -0.3 is 14.2 Å². The molecule has 0 saturated heterocycles. The van der Waals surface area contributed by atoms with Crippen molar-refractivity contribution in [3.05, 3.63) is 102 Å². The zero-order valence-electron chi connectivity index (χ0n) is 20.6. The number of carbonyl (C=O) groups is 2. The lowest BCUT2D eigenvalue weighted by Gasteiger charge is -2.07. The molecule has 0 spiro atoms. The Morgan fingerprint density at radius 1 is 0.811 bits per heavy atom. The first-order valence-electron chi connectivity index (χ1n) is 12.1. The molecule has 0 fully saturated rings. The van der Waals surface area contributed by atoms with Crippen molar-refractivity contribution in [2.24, 2.45) is 5.10 Å². The molecule has 7 heteroatoms. The fourth-order valence-corrected chi connectivity index (χ4v) is 3.43. The Labute approximate surface area is 215 Å². The fourth-order valence-electron chi connectivity index (χ4n) is 3.43. The minimum Gasteiger partial charge on any atom is -0.494 e. The quantitative estimate of drug-likeness (QED) is 0.0937. The summed E-state index contributed by atoms with van der Waals surface area (Å²) < 4.78 is 16.6. The minimum absolute atomic E-state index is 0.156. The lowest BCUT2D eigenvalue weighted by molar-refractivity contribution is -0.123. The Bertz CT molecular complexity index is 1370. The van der Waals surface area contributed by atoms with Gasteiger partial charge in [0.2, 0.25) is 0 Å². The average molecular weight is 497 g/mol. The third-order valence-corrected chi connectivity index (χ3v) is 5.44. The Morgan fingerprint density at radius 3 is 2.27 bits per heavy atom. The number of hydrogen-bond acceptors (Lipinski definition) is 6. The number of hydrazone groups is 1. The SMILES string of the molecule is CCCCOc1ccc(C(=O)Oc2ccc(/C=N/NC(=O)COc3ccc4ccccc4c3)cc2)cc1. The number of ether oxygens (including phenoxy) is 3. The maximum Gasteiger partial charge on any atom is 0.343 e. The topological polar surface area (TPSA) is 86.2 Å². The summed E-state index contributed by atoms with van der Waals surface area (Å²) in [6.07, 6.45) is 3.54. The van der Waals surface area contributed by atoms with Crippen LogP contribution >= 0.6 is 0 Å². The van der Waals surface area contributed by atoms with E-state index in [1.807, 2.05) is 42.5 Å². The maximum atomic E-state index is 12.4. The minimum atomic E-state index is -0.458. The zero-order valence-corrected chi connectivity index (χ0v) is 20.6. The highest BCUT2D eigenvalue weighted by molar-refractivity contribution is 5.91. The first-order chi connectivity index (χ1) is 18.1. The van der Waals surface area contributed by atoms with Gasteiger partial charge in [-0.15, -0.1) is 0 Å². The highest BCUT2D eigenvalue weighted by Gasteiger charge is 2.09. The highest BCUT2D eigenvalue weighted by atomic mass is 16.5. The largest absolute Gasteiger partial charge is 0.494 e. The molecule has 0 atom stereocenters. The summed E-state index contributed by atoms with van der Waals surface area (Å²) in [6.45, 7) is 2.60. The van der Waals surface area contributed by atoms with Gasteiger partial charge in [0.05, 0.1) is 18.4 Å². The zero-order chi connectivity index (χ0) is 25.9. The molecule has 0 aliphatic carbocycles. The molecule has 37 heavy (non-hydrogen) atoms. The molecule has 0 saturated carbocycles. The summed E-state index contributed by atoms with van der Waals surface area (Å²) in [7, 11) is 0. The molecule has 0 radical (unpaired) electrons. The average Bonchev–Trinajstić information content (AvgIpc) is 2.93. The molecule has 7 nitrogen and oxygen atoms in total. The summed E-state index contributed by atoms with van der Waals surface area (Å²) in [6, 6.07) is 27.2. The van der Waals surface area contributed by atoms with Gasteiger partial charge in [-0.3, -0.25) is 4.79 Å². The van der Waals surface area contributed by atoms with Gasteiger partial charge >= 0.3 is 5.97 Å². The number of hydrogen-bond donors (Lipinski definition) is 1. The first-order valence-corrected chi connectivity index (χ1v) is 12.1. The second kappa shape index (κ2) is 12.9. The molecule has 4 aromatic rings. The van der Waals surface area contributed by atoms with Crippen molar-refractivity contribution in [2.45, 2.75) is 19.8 Å². The normalized spacial score (nSPS) is 10.8. The van der Waals surface area contributed by atoms with Crippen LogP contribution in [0.15, 0.2) is 96.1 Å². The van der Waals surface area contributed by atoms with Crippen LogP contribution in [0, 0.1) is 0 Å². The molecule has 4 rings (SSSR count). The predicted octanol–water partition coefficient (Wildman–Crippen LogP) is 5.77. The lowest BCUT2D eigenvalue weighted by atomic mass is 10.1. The number of unbranched alkanes of at least 4 members (excludes halogenated alkanes) is 1. The van der Waals surface area contributed by atoms with E-state index < -0.39 is 5.97 Å². The second-order valence-electron chi connectivity index (χ2n) is 8.28. The predicted molar refractivity (Wildman–Crippen MR) is 143 cm³/mol. The number of amides is 1. The van der Waals surface area contributed by atoms with Gasteiger partial charge in [0.1, 0.15) is 17.2 Å². The second-order valence-corrected chi connectivity index (χ2v) is 8.28. The highest BCUT2D eigenvalue weighted by Crippen LogP contribution is 2.20. The van der Waals surface area contributed by atoms with E-state index in [-0.39, 0.29) is 12.5 Å². The van der Waals surface area contributed by atoms with Gasteiger partial charge in [0.15, 0.2) is 6.61 Å². The van der Waals surface area contributed by atoms with Crippen LogP contribution in [0.4, 0.5) is 0 Å². The van der Waals surface area contributed by atoms with Crippen LogP contribution in [0.2, 0.25) is 0 Å². The third-order valence-electron chi connectivity index (χ3n) is 5.44. The van der Waals surface area contributed by atoms with Crippen LogP contribution in [-0.4, -0.2) is 31.3 Å². The molecule has 188 valence electrons. The molecule has 0 heterocycles. The fraction of sp³-hybridized carbons (Fsp3) is 0.167. The Balaban J connectivity index is 1.21. The summed E-state index contributed by atoms with van der Waals surface area (Å²) in [4.78, 5) is 24.4. The molecular weight excluding hydrogens is 468 g/mol. The van der Waals surface area contributed by atoms with E-state index in [0.29, 0.717) is 23.7 Å². The van der Waals surface area contributed by atoms with Crippen LogP contribution in [-0.2, 0) is 4.79 Å². The van der Waals surface area contributed by atoms with E-state index in [2.05, 4.69) is 17.5 Å². The van der Waals surface area contributed by atoms with Crippen molar-refractivity contribution in [2.75, 3.05) is 13.2 Å². The van der Waals surface area contributed by atoms with Crippen LogP contribution in [0.1, 0.15) is 35.7 Å². The van der Waals surface area contributed by atoms with E-state index in [1.54, 1.807) is 48.5 Å². The van der Waals surface area contributed by atoms with Gasteiger partial charge in [-0.25, -0.2) is 10.2 Å². The summed E-state index contributed by atoms with van der Waals surface area (Å²) in [5.74, 6) is 0.899. The molecule has 0 aliphatic rings. The number of benzene rings is 4. The van der Waals surface area contributed by atoms with Crippen LogP contribution in [0.3, 0.4) is 0 Å². The monoisotopic (exact) mass is 496 g/mol. The number of nitrogens with one attached hydrogen (secondary N) is 1. The molecule has 1 amide bonds. The molecule has 0 bridgehead atoms. The smallest absolute Gasteiger partial charge is 0.343 e. The van der Waals surface area contributed by atoms with E-state index in [9.17, 15) is 9.59 Å². The standard InChI is InChI=1S/C30H28N2O5/c1-2-3-18-35-26-15-11-24(12-16-26)30(34)37-27-13-8-22(9-14-27)20-31-32-29(33)21-36-28-17-10-23-6-4-5-7-25(23)19-28/h4-17,19-20H,2-3,18,21H2,1H3,(H,32,33)/b31-20+. The Kier molecular flexibility index (Phi) is 8.86. The van der Waals surface area contributed by atoms with Gasteiger partial charge in [-0.1, -0.05) is 43.7 Å². The van der Waals surface area contributed by atoms with Crippen molar-refractivity contribution in [3.63, 3.8) is 0 Å². The number of fused-ring (bicyclic) bond motifs is 1. The summed E-state index contributed by atoms with van der Waals surface area (Å²) in [5, 5.41) is 6.10. The van der Waals surface area contributed by atoms with E-state index in [4.69, 9.17) is 14.2 Å². The van der Waals surface area contributed by atoms with Crippen molar-refractivity contribution < 1.29 is 23.8 Å². The Hall–Kier alpha value is -4.65. The number of carbonyl (C=O) groups excluding carboxylic acids is 2. The van der Waals surface area contributed by atoms with Gasteiger partial charge in [0.25, 0.3) is 5.91 Å². The van der Waals surface area contributed by atoms with Gasteiger partial charge in [-0.05, 0) is 83.4 Å². The summed E-state index contributed by atoms with van der Waals surface area (Å²) in [5.41, 5.74) is 3.60. The molecule has 0 aromatic heterocycles. The van der Waals surface area contributed by atoms with Crippen LogP contribution in [0.5, 0.6) is 17.2 Å². The number of nitrogens with zero attached hydrogens (tertiary/aromatic N) is 1. The molecule has 4 aromatic carbocycles. The maximum absolute atomic E-state index is 12.4. The third kappa shape index (κ3) is 7.67. The van der Waals surface area contributed by atoms with E-state index >= 15 is 0 Å². The van der Waals surface area contributed by atoms with Crippen molar-refractivity contribution in [1.82, 2.24) is 5.43 Å². The first kappa shape index (κ1) is 25.4. The molecule has 1 N–H and O–H groups in total. The molecule has 0 unspecified atom stereocenters. The van der Waals surface area contributed by atoms with Gasteiger partial charge in [-0.2, -0.15) is 5.10 Å².